The highest BCUT2D eigenvalue weighted by Crippen LogP contribution is 2.70. The molecule has 3 fully saturated rings. The first-order chi connectivity index (χ1) is 19.9. The van der Waals surface area contributed by atoms with Crippen molar-refractivity contribution in [2.24, 2.45) is 28.6 Å². The van der Waals surface area contributed by atoms with E-state index in [0.717, 1.165) is 5.56 Å². The van der Waals surface area contributed by atoms with Gasteiger partial charge in [-0.25, -0.2) is 4.39 Å². The van der Waals surface area contributed by atoms with Crippen molar-refractivity contribution < 1.29 is 34.4 Å². The molecule has 0 spiro atoms. The van der Waals surface area contributed by atoms with Crippen molar-refractivity contribution in [2.45, 2.75) is 96.2 Å². The number of fused-ring (bicyclic) bond motifs is 5. The molecule has 0 aliphatic heterocycles. The van der Waals surface area contributed by atoms with Gasteiger partial charge in [0.05, 0.1) is 12.2 Å². The Hall–Kier alpha value is -1.94. The number of β-amino-alcohol motifs (C(OH)–C–C–N with tert-alkyl or cyclic N) is 1. The molecule has 1 unspecified atom stereocenters. The highest BCUT2D eigenvalue weighted by Gasteiger charge is 2.75. The lowest BCUT2D eigenvalue weighted by atomic mass is 9.44. The van der Waals surface area contributed by atoms with Crippen molar-refractivity contribution in [3.8, 4) is 0 Å². The molecule has 0 saturated heterocycles. The molecule has 0 radical (unpaired) electrons. The number of hydrogen-bond donors (Lipinski definition) is 5. The number of carbonyl (C=O) groups excluding carboxylic acids is 2. The molecule has 0 amide bonds. The fraction of sp³-hybridized carbons (Fsp3) is 0.647. The molecule has 7 nitrogen and oxygen atoms in total. The van der Waals surface area contributed by atoms with Crippen LogP contribution >= 0.6 is 11.6 Å². The summed E-state index contributed by atoms with van der Waals surface area (Å²) in [5, 5.41) is 45.7. The molecule has 0 aromatic heterocycles. The van der Waals surface area contributed by atoms with E-state index in [4.69, 9.17) is 11.6 Å². The molecular formula is C34H47ClFNO6. The minimum atomic E-state index is -1.98. The number of carbonyl (C=O) groups is 2. The number of allylic oxidation sites excluding steroid dienone is 4. The quantitative estimate of drug-likeness (QED) is 0.325. The standard InChI is InChI=1S/C22H29FO5.C12H18ClNO/c1-12-8-16-15-5-4-13-9-14(25)6-7-19(13,2)21(15,23)17(26)10-20(16,3)22(12,28)18(27)11-24;1-12(2,3)14-8-11(15)9-6-4-5-7-10(9)13/h6-7,9,12,15-17,24,26,28H,4-5,8,10-11H2,1-3H3;4-7,11,14-15H,8H2,1-3H3/t12-,15+,16+,17+,19+,20+,21+,22+;/m1./s1. The van der Waals surface area contributed by atoms with Gasteiger partial charge in [0.15, 0.2) is 17.2 Å². The van der Waals surface area contributed by atoms with Gasteiger partial charge in [0.1, 0.15) is 12.2 Å². The number of ketones is 2. The second kappa shape index (κ2) is 11.8. The van der Waals surface area contributed by atoms with E-state index >= 15 is 4.39 Å². The predicted molar refractivity (Wildman–Crippen MR) is 164 cm³/mol. The van der Waals surface area contributed by atoms with Crippen LogP contribution in [0.1, 0.15) is 78.9 Å². The van der Waals surface area contributed by atoms with Gasteiger partial charge in [-0.15, -0.1) is 0 Å². The maximum atomic E-state index is 16.9. The van der Waals surface area contributed by atoms with E-state index in [1.165, 1.54) is 12.2 Å². The maximum absolute atomic E-state index is 16.9. The Morgan fingerprint density at radius 3 is 2.47 bits per heavy atom. The fourth-order valence-corrected chi connectivity index (χ4v) is 8.78. The van der Waals surface area contributed by atoms with Gasteiger partial charge in [-0.1, -0.05) is 55.3 Å². The van der Waals surface area contributed by atoms with E-state index in [-0.39, 0.29) is 23.7 Å². The third-order valence-corrected chi connectivity index (χ3v) is 11.2. The van der Waals surface area contributed by atoms with Crippen LogP contribution in [0.2, 0.25) is 5.02 Å². The van der Waals surface area contributed by atoms with Gasteiger partial charge in [-0.05, 0) is 83.4 Å². The number of rotatable bonds is 5. The van der Waals surface area contributed by atoms with Gasteiger partial charge in [0, 0.05) is 39.4 Å². The summed E-state index contributed by atoms with van der Waals surface area (Å²) in [5.74, 6) is -2.12. The number of hydrogen-bond acceptors (Lipinski definition) is 7. The molecule has 4 aliphatic carbocycles. The average Bonchev–Trinajstić information content (AvgIpc) is 3.14. The van der Waals surface area contributed by atoms with Gasteiger partial charge in [0.2, 0.25) is 0 Å². The first kappa shape index (κ1) is 33.9. The molecule has 5 rings (SSSR count). The Kier molecular flexibility index (Phi) is 9.29. The zero-order chi connectivity index (χ0) is 32.2. The number of Topliss-reactive ketones (excluding diaryl/α,β-unsaturated/α-hetero) is 1. The molecule has 238 valence electrons. The number of aliphatic hydroxyl groups excluding tert-OH is 3. The number of nitrogens with one attached hydrogen (secondary N) is 1. The largest absolute Gasteiger partial charge is 0.390 e. The topological polar surface area (TPSA) is 127 Å². The van der Waals surface area contributed by atoms with Gasteiger partial charge >= 0.3 is 0 Å². The summed E-state index contributed by atoms with van der Waals surface area (Å²) in [4.78, 5) is 24.4. The Morgan fingerprint density at radius 2 is 1.86 bits per heavy atom. The predicted octanol–water partition coefficient (Wildman–Crippen LogP) is 4.66. The van der Waals surface area contributed by atoms with Crippen molar-refractivity contribution in [1.29, 1.82) is 0 Å². The smallest absolute Gasteiger partial charge is 0.190 e. The summed E-state index contributed by atoms with van der Waals surface area (Å²) in [7, 11) is 0. The van der Waals surface area contributed by atoms with Crippen LogP contribution in [0.3, 0.4) is 0 Å². The van der Waals surface area contributed by atoms with Crippen LogP contribution in [0.25, 0.3) is 0 Å². The molecule has 9 heteroatoms. The van der Waals surface area contributed by atoms with E-state index in [9.17, 15) is 30.0 Å². The first-order valence-electron chi connectivity index (χ1n) is 15.2. The lowest BCUT2D eigenvalue weighted by molar-refractivity contribution is -0.219. The summed E-state index contributed by atoms with van der Waals surface area (Å²) in [5.41, 5.74) is -4.39. The molecule has 4 aliphatic rings. The minimum Gasteiger partial charge on any atom is -0.390 e. The fourth-order valence-electron chi connectivity index (χ4n) is 8.52. The Bertz CT molecular complexity index is 1310. The zero-order valence-electron chi connectivity index (χ0n) is 26.0. The highest BCUT2D eigenvalue weighted by molar-refractivity contribution is 6.31. The molecule has 0 heterocycles. The normalized spacial score (nSPS) is 39.1. The van der Waals surface area contributed by atoms with Crippen LogP contribution in [-0.4, -0.2) is 68.1 Å². The number of halogens is 2. The lowest BCUT2D eigenvalue weighted by Crippen LogP contribution is -2.69. The van der Waals surface area contributed by atoms with Crippen molar-refractivity contribution in [1.82, 2.24) is 5.32 Å². The first-order valence-corrected chi connectivity index (χ1v) is 15.6. The van der Waals surface area contributed by atoms with E-state index in [0.29, 0.717) is 36.4 Å². The molecule has 43 heavy (non-hydrogen) atoms. The molecule has 1 aromatic carbocycles. The molecule has 3 saturated carbocycles. The van der Waals surface area contributed by atoms with Gasteiger partial charge < -0.3 is 25.7 Å². The monoisotopic (exact) mass is 619 g/mol. The van der Waals surface area contributed by atoms with E-state index in [2.05, 4.69) is 26.1 Å². The summed E-state index contributed by atoms with van der Waals surface area (Å²) >= 11 is 5.98. The van der Waals surface area contributed by atoms with Crippen molar-refractivity contribution >= 4 is 23.2 Å². The van der Waals surface area contributed by atoms with Crippen molar-refractivity contribution in [3.63, 3.8) is 0 Å². The molecule has 1 aromatic rings. The molecule has 5 N–H and O–H groups in total. The molecule has 0 bridgehead atoms. The van der Waals surface area contributed by atoms with Gasteiger partial charge in [-0.2, -0.15) is 0 Å². The van der Waals surface area contributed by atoms with E-state index in [1.807, 2.05) is 18.2 Å². The highest BCUT2D eigenvalue weighted by atomic mass is 35.5. The second-order valence-corrected chi connectivity index (χ2v) is 14.8. The van der Waals surface area contributed by atoms with Crippen LogP contribution in [0.4, 0.5) is 4.39 Å². The zero-order valence-corrected chi connectivity index (χ0v) is 26.8. The van der Waals surface area contributed by atoms with Gasteiger partial charge in [-0.3, -0.25) is 9.59 Å². The molecule has 9 atom stereocenters. The number of alkyl halides is 1. The Morgan fingerprint density at radius 1 is 1.21 bits per heavy atom. The lowest BCUT2D eigenvalue weighted by Gasteiger charge is -2.62. The average molecular weight is 620 g/mol. The summed E-state index contributed by atoms with van der Waals surface area (Å²) in [6.07, 6.45) is 3.88. The summed E-state index contributed by atoms with van der Waals surface area (Å²) < 4.78 is 16.9. The van der Waals surface area contributed by atoms with Crippen molar-refractivity contribution in [3.05, 3.63) is 58.7 Å². The third kappa shape index (κ3) is 5.46. The summed E-state index contributed by atoms with van der Waals surface area (Å²) in [6, 6.07) is 7.37. The SMILES string of the molecule is CC(C)(C)NCC(O)c1ccccc1Cl.C[C@@H]1C[C@H]2[C@@H]3CCC4=CC(=O)C=C[C@]4(C)[C@@]3(F)[C@@H](O)C[C@]2(C)[C@@]1(O)C(=O)CO. The van der Waals surface area contributed by atoms with E-state index in [1.54, 1.807) is 32.9 Å². The number of aliphatic hydroxyl groups is 4. The molecular weight excluding hydrogens is 573 g/mol. The maximum Gasteiger partial charge on any atom is 0.190 e. The summed E-state index contributed by atoms with van der Waals surface area (Å²) in [6.45, 7) is 11.2. The van der Waals surface area contributed by atoms with Crippen LogP contribution in [0, 0.1) is 28.6 Å². The van der Waals surface area contributed by atoms with Gasteiger partial charge in [0.25, 0.3) is 0 Å². The number of benzene rings is 1. The van der Waals surface area contributed by atoms with Crippen LogP contribution in [0.5, 0.6) is 0 Å². The Balaban J connectivity index is 0.000000239. The van der Waals surface area contributed by atoms with Crippen LogP contribution in [-0.2, 0) is 9.59 Å². The Labute approximate surface area is 259 Å². The van der Waals surface area contributed by atoms with E-state index < -0.39 is 58.5 Å². The van der Waals surface area contributed by atoms with Crippen LogP contribution in [0.15, 0.2) is 48.1 Å². The second-order valence-electron chi connectivity index (χ2n) is 14.4. The van der Waals surface area contributed by atoms with Crippen LogP contribution < -0.4 is 5.32 Å². The van der Waals surface area contributed by atoms with Crippen molar-refractivity contribution in [2.75, 3.05) is 13.2 Å². The minimum absolute atomic E-state index is 0.00222. The third-order valence-electron chi connectivity index (χ3n) is 10.9.